The van der Waals surface area contributed by atoms with Crippen molar-refractivity contribution < 1.29 is 0 Å². The molecule has 0 radical (unpaired) electrons. The lowest BCUT2D eigenvalue weighted by molar-refractivity contribution is 0.116. The van der Waals surface area contributed by atoms with Gasteiger partial charge in [0.25, 0.3) is 0 Å². The Balaban J connectivity index is 1.81. The zero-order chi connectivity index (χ0) is 12.3. The lowest BCUT2D eigenvalue weighted by atomic mass is 10.0. The maximum atomic E-state index is 3.69. The molecule has 1 heterocycles. The summed E-state index contributed by atoms with van der Waals surface area (Å²) in [6.45, 7) is 10.9. The second-order valence-corrected chi connectivity index (χ2v) is 6.48. The van der Waals surface area contributed by atoms with E-state index in [9.17, 15) is 0 Å². The summed E-state index contributed by atoms with van der Waals surface area (Å²) in [4.78, 5) is 2.75. The molecule has 0 aromatic rings. The van der Waals surface area contributed by atoms with Crippen LogP contribution in [0.2, 0.25) is 0 Å². The maximum absolute atomic E-state index is 3.69. The Morgan fingerprint density at radius 2 is 2.06 bits per heavy atom. The molecular formula is C15H30N2. The third-order valence-corrected chi connectivity index (χ3v) is 4.71. The van der Waals surface area contributed by atoms with Crippen molar-refractivity contribution in [1.82, 2.24) is 10.2 Å². The van der Waals surface area contributed by atoms with Crippen LogP contribution in [-0.4, -0.2) is 36.6 Å². The van der Waals surface area contributed by atoms with Crippen molar-refractivity contribution in [3.8, 4) is 0 Å². The van der Waals surface area contributed by atoms with Crippen LogP contribution in [0, 0.1) is 11.8 Å². The summed E-state index contributed by atoms with van der Waals surface area (Å²) in [5.41, 5.74) is 0. The molecule has 2 aliphatic rings. The molecule has 1 saturated heterocycles. The van der Waals surface area contributed by atoms with Crippen LogP contribution >= 0.6 is 0 Å². The first kappa shape index (κ1) is 13.4. The molecule has 0 bridgehead atoms. The van der Waals surface area contributed by atoms with Crippen LogP contribution in [0.5, 0.6) is 0 Å². The molecule has 2 rings (SSSR count). The summed E-state index contributed by atoms with van der Waals surface area (Å²) in [7, 11) is 0. The Bertz CT molecular complexity index is 229. The minimum absolute atomic E-state index is 0.735. The van der Waals surface area contributed by atoms with E-state index >= 15 is 0 Å². The predicted molar refractivity (Wildman–Crippen MR) is 74.2 cm³/mol. The molecule has 17 heavy (non-hydrogen) atoms. The predicted octanol–water partition coefficient (Wildman–Crippen LogP) is 2.89. The molecule has 4 unspecified atom stereocenters. The molecule has 2 heteroatoms. The van der Waals surface area contributed by atoms with Crippen molar-refractivity contribution in [3.63, 3.8) is 0 Å². The van der Waals surface area contributed by atoms with Gasteiger partial charge in [0.05, 0.1) is 0 Å². The number of hydrogen-bond acceptors (Lipinski definition) is 2. The third kappa shape index (κ3) is 3.69. The van der Waals surface area contributed by atoms with E-state index in [1.54, 1.807) is 0 Å². The Morgan fingerprint density at radius 3 is 2.71 bits per heavy atom. The Labute approximate surface area is 107 Å². The van der Waals surface area contributed by atoms with E-state index in [0.29, 0.717) is 0 Å². The molecule has 1 saturated carbocycles. The topological polar surface area (TPSA) is 15.3 Å². The summed E-state index contributed by atoms with van der Waals surface area (Å²) in [6.07, 6.45) is 7.04. The van der Waals surface area contributed by atoms with Gasteiger partial charge in [-0.2, -0.15) is 0 Å². The molecule has 2 nitrogen and oxygen atoms in total. The first-order valence-electron chi connectivity index (χ1n) is 7.66. The minimum atomic E-state index is 0.735. The zero-order valence-corrected chi connectivity index (χ0v) is 11.9. The molecule has 100 valence electrons. The number of rotatable bonds is 4. The summed E-state index contributed by atoms with van der Waals surface area (Å²) < 4.78 is 0. The van der Waals surface area contributed by atoms with Crippen molar-refractivity contribution >= 4 is 0 Å². The quantitative estimate of drug-likeness (QED) is 0.810. The number of nitrogens with zero attached hydrogens (tertiary/aromatic N) is 1. The average molecular weight is 238 g/mol. The van der Waals surface area contributed by atoms with Gasteiger partial charge in [-0.05, 0) is 38.0 Å². The molecule has 0 spiro atoms. The highest BCUT2D eigenvalue weighted by Crippen LogP contribution is 2.31. The van der Waals surface area contributed by atoms with Gasteiger partial charge >= 0.3 is 0 Å². The van der Waals surface area contributed by atoms with Gasteiger partial charge in [-0.15, -0.1) is 0 Å². The Morgan fingerprint density at radius 1 is 1.24 bits per heavy atom. The van der Waals surface area contributed by atoms with Crippen LogP contribution in [0.3, 0.4) is 0 Å². The fourth-order valence-electron chi connectivity index (χ4n) is 3.61. The van der Waals surface area contributed by atoms with Crippen LogP contribution in [0.15, 0.2) is 0 Å². The summed E-state index contributed by atoms with van der Waals surface area (Å²) in [5.74, 6) is 1.96. The molecule has 2 fully saturated rings. The van der Waals surface area contributed by atoms with Gasteiger partial charge in [0.15, 0.2) is 0 Å². The largest absolute Gasteiger partial charge is 0.311 e. The van der Waals surface area contributed by atoms with Crippen LogP contribution in [0.1, 0.15) is 52.9 Å². The van der Waals surface area contributed by atoms with Gasteiger partial charge in [0.2, 0.25) is 0 Å². The van der Waals surface area contributed by atoms with E-state index < -0.39 is 0 Å². The molecule has 1 N–H and O–H groups in total. The fraction of sp³-hybridized carbons (Fsp3) is 1.00. The van der Waals surface area contributed by atoms with Gasteiger partial charge < -0.3 is 5.32 Å². The molecule has 4 atom stereocenters. The first-order chi connectivity index (χ1) is 8.19. The van der Waals surface area contributed by atoms with Crippen molar-refractivity contribution in [1.29, 1.82) is 0 Å². The molecule has 1 aliphatic heterocycles. The molecule has 0 aromatic heterocycles. The van der Waals surface area contributed by atoms with Gasteiger partial charge in [0, 0.05) is 31.7 Å². The lowest BCUT2D eigenvalue weighted by Crippen LogP contribution is -2.56. The van der Waals surface area contributed by atoms with Crippen LogP contribution in [0.4, 0.5) is 0 Å². The van der Waals surface area contributed by atoms with Crippen LogP contribution < -0.4 is 5.32 Å². The van der Waals surface area contributed by atoms with E-state index in [4.69, 9.17) is 0 Å². The van der Waals surface area contributed by atoms with E-state index in [1.165, 1.54) is 51.7 Å². The lowest BCUT2D eigenvalue weighted by Gasteiger charge is -2.40. The van der Waals surface area contributed by atoms with Gasteiger partial charge in [-0.25, -0.2) is 0 Å². The number of nitrogens with one attached hydrogen (secondary N) is 1. The molecule has 0 amide bonds. The van der Waals surface area contributed by atoms with Gasteiger partial charge in [-0.1, -0.05) is 26.7 Å². The van der Waals surface area contributed by atoms with Crippen LogP contribution in [0.25, 0.3) is 0 Å². The summed E-state index contributed by atoms with van der Waals surface area (Å²) in [5, 5.41) is 3.69. The second kappa shape index (κ2) is 6.19. The fourth-order valence-corrected chi connectivity index (χ4v) is 3.61. The second-order valence-electron chi connectivity index (χ2n) is 6.48. The smallest absolute Gasteiger partial charge is 0.0195 e. The minimum Gasteiger partial charge on any atom is -0.311 e. The van der Waals surface area contributed by atoms with Crippen molar-refractivity contribution in [2.75, 3.05) is 19.6 Å². The molecule has 1 aliphatic carbocycles. The van der Waals surface area contributed by atoms with Gasteiger partial charge in [0.1, 0.15) is 0 Å². The Kier molecular flexibility index (Phi) is 4.87. The highest BCUT2D eigenvalue weighted by molar-refractivity contribution is 4.86. The summed E-state index contributed by atoms with van der Waals surface area (Å²) in [6, 6.07) is 1.48. The molecule has 0 aromatic carbocycles. The monoisotopic (exact) mass is 238 g/mol. The average Bonchev–Trinajstić information content (AvgIpc) is 2.69. The number of hydrogen-bond donors (Lipinski definition) is 1. The Hall–Kier alpha value is -0.0800. The third-order valence-electron chi connectivity index (χ3n) is 4.71. The standard InChI is InChI=1S/C15H30N2/c1-4-5-15-11-17(13(3)9-16-15)10-14-7-6-12(2)8-14/h12-16H,4-11H2,1-3H3. The van der Waals surface area contributed by atoms with Crippen LogP contribution in [-0.2, 0) is 0 Å². The van der Waals surface area contributed by atoms with E-state index in [0.717, 1.165) is 23.9 Å². The normalized spacial score (nSPS) is 39.7. The highest BCUT2D eigenvalue weighted by Gasteiger charge is 2.29. The highest BCUT2D eigenvalue weighted by atomic mass is 15.2. The van der Waals surface area contributed by atoms with Crippen molar-refractivity contribution in [2.24, 2.45) is 11.8 Å². The van der Waals surface area contributed by atoms with E-state index in [2.05, 4.69) is 31.0 Å². The van der Waals surface area contributed by atoms with Crippen molar-refractivity contribution in [2.45, 2.75) is 65.0 Å². The van der Waals surface area contributed by atoms with E-state index in [-0.39, 0.29) is 0 Å². The van der Waals surface area contributed by atoms with Crippen molar-refractivity contribution in [3.05, 3.63) is 0 Å². The zero-order valence-electron chi connectivity index (χ0n) is 11.9. The summed E-state index contributed by atoms with van der Waals surface area (Å²) >= 11 is 0. The van der Waals surface area contributed by atoms with Gasteiger partial charge in [-0.3, -0.25) is 4.90 Å². The maximum Gasteiger partial charge on any atom is 0.0195 e. The van der Waals surface area contributed by atoms with E-state index in [1.807, 2.05) is 0 Å². The first-order valence-corrected chi connectivity index (χ1v) is 7.66. The molecular weight excluding hydrogens is 208 g/mol. The number of piperazine rings is 1. The SMILES string of the molecule is CCCC1CN(CC2CCC(C)C2)C(C)CN1.